The molecule has 45 heavy (non-hydrogen) atoms. The maximum absolute atomic E-state index is 16.1. The fraction of sp³-hybridized carbons (Fsp3) is 0.457. The predicted octanol–water partition coefficient (Wildman–Crippen LogP) is 7.18. The molecule has 6 rings (SSSR count). The summed E-state index contributed by atoms with van der Waals surface area (Å²) in [7, 11) is 1.50. The van der Waals surface area contributed by atoms with Crippen LogP contribution in [0.25, 0.3) is 0 Å². The number of β-lactam (4-membered cyclic amide) rings is 1. The molecular weight excluding hydrogens is 585 g/mol. The van der Waals surface area contributed by atoms with Crippen molar-refractivity contribution in [3.05, 3.63) is 83.2 Å². The molecule has 0 spiro atoms. The smallest absolute Gasteiger partial charge is 0.236 e. The summed E-state index contributed by atoms with van der Waals surface area (Å²) < 4.78 is 69.3. The summed E-state index contributed by atoms with van der Waals surface area (Å²) in [6.07, 6.45) is 2.26. The fourth-order valence-corrected chi connectivity index (χ4v) is 7.13. The Bertz CT molecular complexity index is 1520. The van der Waals surface area contributed by atoms with Crippen LogP contribution in [0.5, 0.6) is 11.5 Å². The van der Waals surface area contributed by atoms with Crippen LogP contribution in [-0.2, 0) is 20.9 Å². The molecule has 3 aliphatic rings. The number of anilines is 2. The van der Waals surface area contributed by atoms with Crippen LogP contribution in [0.4, 0.5) is 24.5 Å². The van der Waals surface area contributed by atoms with E-state index < -0.39 is 28.9 Å². The van der Waals surface area contributed by atoms with E-state index >= 15 is 8.78 Å². The molecule has 3 aromatic rings. The highest BCUT2D eigenvalue weighted by atomic mass is 19.1. The standard InChI is InChI=1S/C35H39F3N2O5/c1-4-35(5-2)32(40(34(35)41)29-18-24(36)17-27(38)31(29)45-21-22-9-7-6-8-10-22)25-19-26(37)28(20-30(25)42-3)39-13-11-23(12-14-39)33-43-15-16-44-33/h6-10,17-20,23,32-33H,4-5,11-16,21H2,1-3H3. The number of piperidine rings is 1. The fourth-order valence-electron chi connectivity index (χ4n) is 7.13. The molecule has 0 aromatic heterocycles. The van der Waals surface area contributed by atoms with Crippen molar-refractivity contribution in [3.63, 3.8) is 0 Å². The maximum Gasteiger partial charge on any atom is 0.236 e. The Morgan fingerprint density at radius 1 is 0.911 bits per heavy atom. The van der Waals surface area contributed by atoms with Crippen LogP contribution in [0.15, 0.2) is 54.6 Å². The zero-order chi connectivity index (χ0) is 31.7. The lowest BCUT2D eigenvalue weighted by atomic mass is 9.64. The first-order valence-electron chi connectivity index (χ1n) is 15.7. The van der Waals surface area contributed by atoms with Crippen LogP contribution < -0.4 is 19.3 Å². The number of methoxy groups -OCH3 is 1. The molecular formula is C35H39F3N2O5. The first-order chi connectivity index (χ1) is 21.8. The average Bonchev–Trinajstić information content (AvgIpc) is 3.60. The number of nitrogens with zero attached hydrogens (tertiary/aromatic N) is 2. The zero-order valence-corrected chi connectivity index (χ0v) is 25.9. The Morgan fingerprint density at radius 2 is 1.60 bits per heavy atom. The van der Waals surface area contributed by atoms with Gasteiger partial charge in [0.2, 0.25) is 5.91 Å². The highest BCUT2D eigenvalue weighted by Gasteiger charge is 2.61. The lowest BCUT2D eigenvalue weighted by Crippen LogP contribution is -2.63. The predicted molar refractivity (Wildman–Crippen MR) is 164 cm³/mol. The summed E-state index contributed by atoms with van der Waals surface area (Å²) >= 11 is 0. The Kier molecular flexibility index (Phi) is 8.97. The van der Waals surface area contributed by atoms with Gasteiger partial charge in [-0.05, 0) is 37.3 Å². The lowest BCUT2D eigenvalue weighted by molar-refractivity contribution is -0.141. The van der Waals surface area contributed by atoms with Crippen LogP contribution in [-0.4, -0.2) is 45.6 Å². The third kappa shape index (κ3) is 5.63. The molecule has 1 unspecified atom stereocenters. The van der Waals surface area contributed by atoms with E-state index in [0.29, 0.717) is 56.1 Å². The van der Waals surface area contributed by atoms with E-state index in [2.05, 4.69) is 0 Å². The van der Waals surface area contributed by atoms with Crippen molar-refractivity contribution >= 4 is 17.3 Å². The summed E-state index contributed by atoms with van der Waals surface area (Å²) in [4.78, 5) is 17.3. The molecule has 1 atom stereocenters. The van der Waals surface area contributed by atoms with Gasteiger partial charge in [0, 0.05) is 42.8 Å². The number of benzene rings is 3. The van der Waals surface area contributed by atoms with Crippen molar-refractivity contribution in [1.82, 2.24) is 0 Å². The number of hydrogen-bond acceptors (Lipinski definition) is 6. The van der Waals surface area contributed by atoms with Gasteiger partial charge < -0.3 is 23.8 Å². The number of carbonyl (C=O) groups excluding carboxylic acids is 1. The molecule has 1 amide bonds. The van der Waals surface area contributed by atoms with Gasteiger partial charge in [0.1, 0.15) is 24.0 Å². The summed E-state index contributed by atoms with van der Waals surface area (Å²) in [5.74, 6) is -2.13. The second-order valence-electron chi connectivity index (χ2n) is 11.9. The molecule has 240 valence electrons. The number of amides is 1. The topological polar surface area (TPSA) is 60.5 Å². The largest absolute Gasteiger partial charge is 0.496 e. The van der Waals surface area contributed by atoms with Crippen molar-refractivity contribution in [3.8, 4) is 11.5 Å². The molecule has 0 saturated carbocycles. The van der Waals surface area contributed by atoms with E-state index in [1.807, 2.05) is 49.1 Å². The van der Waals surface area contributed by atoms with E-state index in [0.717, 1.165) is 30.5 Å². The van der Waals surface area contributed by atoms with Crippen molar-refractivity contribution in [1.29, 1.82) is 0 Å². The quantitative estimate of drug-likeness (QED) is 0.223. The van der Waals surface area contributed by atoms with Gasteiger partial charge in [0.05, 0.1) is 43.2 Å². The van der Waals surface area contributed by atoms with Crippen molar-refractivity contribution < 1.29 is 36.9 Å². The number of hydrogen-bond donors (Lipinski definition) is 0. The summed E-state index contributed by atoms with van der Waals surface area (Å²) in [6.45, 7) is 6.24. The molecule has 0 radical (unpaired) electrons. The van der Waals surface area contributed by atoms with Crippen LogP contribution in [0.3, 0.4) is 0 Å². The monoisotopic (exact) mass is 624 g/mol. The number of halogens is 3. The van der Waals surface area contributed by atoms with Crippen molar-refractivity contribution in [2.45, 2.75) is 58.5 Å². The van der Waals surface area contributed by atoms with Gasteiger partial charge in [-0.3, -0.25) is 9.69 Å². The van der Waals surface area contributed by atoms with Gasteiger partial charge in [0.25, 0.3) is 0 Å². The molecule has 3 heterocycles. The average molecular weight is 625 g/mol. The van der Waals surface area contributed by atoms with Gasteiger partial charge in [-0.2, -0.15) is 0 Å². The molecule has 0 aliphatic carbocycles. The summed E-state index contributed by atoms with van der Waals surface area (Å²) in [5.41, 5.74) is 0.647. The highest BCUT2D eigenvalue weighted by Crippen LogP contribution is 2.59. The number of carbonyl (C=O) groups is 1. The molecule has 0 bridgehead atoms. The highest BCUT2D eigenvalue weighted by molar-refractivity contribution is 6.07. The van der Waals surface area contributed by atoms with Gasteiger partial charge in [-0.1, -0.05) is 44.2 Å². The SMILES string of the molecule is CCC1(CC)C(=O)N(c2cc(F)cc(F)c2OCc2ccccc2)C1c1cc(F)c(N2CCC(C3OCCO3)CC2)cc1OC. The molecule has 3 aliphatic heterocycles. The second kappa shape index (κ2) is 12.9. The van der Waals surface area contributed by atoms with Crippen molar-refractivity contribution in [2.75, 3.05) is 43.2 Å². The first-order valence-corrected chi connectivity index (χ1v) is 15.7. The molecule has 3 aromatic carbocycles. The van der Waals surface area contributed by atoms with Crippen LogP contribution in [0.2, 0.25) is 0 Å². The van der Waals surface area contributed by atoms with Gasteiger partial charge in [0.15, 0.2) is 17.9 Å². The Labute approximate surface area is 261 Å². The van der Waals surface area contributed by atoms with Crippen LogP contribution in [0, 0.1) is 28.8 Å². The summed E-state index contributed by atoms with van der Waals surface area (Å²) in [5, 5.41) is 0. The minimum absolute atomic E-state index is 0.0120. The minimum atomic E-state index is -0.930. The Balaban J connectivity index is 1.35. The van der Waals surface area contributed by atoms with Gasteiger partial charge in [-0.25, -0.2) is 13.2 Å². The molecule has 3 saturated heterocycles. The van der Waals surface area contributed by atoms with E-state index in [1.165, 1.54) is 18.1 Å². The molecule has 3 fully saturated rings. The Hall–Kier alpha value is -3.76. The number of ether oxygens (including phenoxy) is 4. The van der Waals surface area contributed by atoms with E-state index in [9.17, 15) is 9.18 Å². The normalized spacial score (nSPS) is 20.4. The Morgan fingerprint density at radius 3 is 2.24 bits per heavy atom. The lowest BCUT2D eigenvalue weighted by Gasteiger charge is -2.56. The van der Waals surface area contributed by atoms with Gasteiger partial charge >= 0.3 is 0 Å². The minimum Gasteiger partial charge on any atom is -0.496 e. The first kappa shape index (κ1) is 31.2. The van der Waals surface area contributed by atoms with Crippen molar-refractivity contribution in [2.24, 2.45) is 11.3 Å². The maximum atomic E-state index is 16.1. The number of rotatable bonds is 10. The molecule has 7 nitrogen and oxygen atoms in total. The third-order valence-corrected chi connectivity index (χ3v) is 9.67. The van der Waals surface area contributed by atoms with Gasteiger partial charge in [-0.15, -0.1) is 0 Å². The third-order valence-electron chi connectivity index (χ3n) is 9.67. The summed E-state index contributed by atoms with van der Waals surface area (Å²) in [6, 6.07) is 13.3. The van der Waals surface area contributed by atoms with Crippen LogP contribution >= 0.6 is 0 Å². The zero-order valence-electron chi connectivity index (χ0n) is 25.9. The van der Waals surface area contributed by atoms with E-state index in [4.69, 9.17) is 18.9 Å². The van der Waals surface area contributed by atoms with E-state index in [1.54, 1.807) is 6.07 Å². The second-order valence-corrected chi connectivity index (χ2v) is 11.9. The molecule has 10 heteroatoms. The molecule has 0 N–H and O–H groups in total. The van der Waals surface area contributed by atoms with E-state index in [-0.39, 0.29) is 36.2 Å². The van der Waals surface area contributed by atoms with Crippen LogP contribution in [0.1, 0.15) is 56.7 Å².